The van der Waals surface area contributed by atoms with Crippen LogP contribution in [0.3, 0.4) is 0 Å². The van der Waals surface area contributed by atoms with E-state index in [-0.39, 0.29) is 18.4 Å². The summed E-state index contributed by atoms with van der Waals surface area (Å²) in [5, 5.41) is 13.9. The molecule has 1 saturated heterocycles. The highest BCUT2D eigenvalue weighted by molar-refractivity contribution is 5.94. The Hall–Kier alpha value is -2.63. The topological polar surface area (TPSA) is 75.4 Å². The van der Waals surface area contributed by atoms with Crippen LogP contribution in [0.25, 0.3) is 5.69 Å². The molecule has 1 aliphatic carbocycles. The Bertz CT molecular complexity index is 901. The summed E-state index contributed by atoms with van der Waals surface area (Å²) in [5.41, 5.74) is 5.00. The van der Waals surface area contributed by atoms with E-state index in [0.717, 1.165) is 61.9 Å². The summed E-state index contributed by atoms with van der Waals surface area (Å²) >= 11 is 0. The van der Waals surface area contributed by atoms with Gasteiger partial charge in [-0.05, 0) is 70.4 Å². The van der Waals surface area contributed by atoms with Gasteiger partial charge in [-0.1, -0.05) is 17.7 Å². The summed E-state index contributed by atoms with van der Waals surface area (Å²) in [4.78, 5) is 26.5. The van der Waals surface area contributed by atoms with Crippen molar-refractivity contribution in [1.82, 2.24) is 14.7 Å². The van der Waals surface area contributed by atoms with Crippen molar-refractivity contribution in [2.24, 2.45) is 0 Å². The maximum absolute atomic E-state index is 13.5. The van der Waals surface area contributed by atoms with Crippen molar-refractivity contribution in [2.75, 3.05) is 6.54 Å². The van der Waals surface area contributed by atoms with Crippen LogP contribution < -0.4 is 0 Å². The molecule has 1 aromatic heterocycles. The second-order valence-corrected chi connectivity index (χ2v) is 8.31. The SMILES string of the molecule is Cc1ccc(-n2nc(C(=O)N3CCCCC3CCC(=O)O)c3c2CCCC3)cc1. The number of likely N-dealkylation sites (tertiary alicyclic amines) is 1. The number of aryl methyl sites for hydroxylation is 1. The van der Waals surface area contributed by atoms with Crippen LogP contribution in [0.2, 0.25) is 0 Å². The number of piperidine rings is 1. The van der Waals surface area contributed by atoms with Crippen molar-refractivity contribution in [3.05, 3.63) is 46.8 Å². The molecule has 0 radical (unpaired) electrons. The Morgan fingerprint density at radius 1 is 1.10 bits per heavy atom. The zero-order chi connectivity index (χ0) is 20.4. The van der Waals surface area contributed by atoms with E-state index < -0.39 is 5.97 Å². The Labute approximate surface area is 171 Å². The van der Waals surface area contributed by atoms with Gasteiger partial charge in [0.15, 0.2) is 5.69 Å². The Morgan fingerprint density at radius 3 is 2.62 bits per heavy atom. The summed E-state index contributed by atoms with van der Waals surface area (Å²) in [7, 11) is 0. The summed E-state index contributed by atoms with van der Waals surface area (Å²) in [6.07, 6.45) is 7.52. The van der Waals surface area contributed by atoms with Crippen molar-refractivity contribution < 1.29 is 14.7 Å². The van der Waals surface area contributed by atoms with Crippen molar-refractivity contribution >= 4 is 11.9 Å². The summed E-state index contributed by atoms with van der Waals surface area (Å²) in [5.74, 6) is -0.826. The number of hydrogen-bond donors (Lipinski definition) is 1. The maximum atomic E-state index is 13.5. The molecule has 4 rings (SSSR count). The fraction of sp³-hybridized carbons (Fsp3) is 0.522. The van der Waals surface area contributed by atoms with E-state index in [2.05, 4.69) is 31.2 Å². The molecule has 0 spiro atoms. The van der Waals surface area contributed by atoms with Gasteiger partial charge in [-0.3, -0.25) is 9.59 Å². The number of nitrogens with zero attached hydrogens (tertiary/aromatic N) is 3. The zero-order valence-electron chi connectivity index (χ0n) is 17.1. The lowest BCUT2D eigenvalue weighted by Crippen LogP contribution is -2.44. The smallest absolute Gasteiger partial charge is 0.303 e. The lowest BCUT2D eigenvalue weighted by atomic mass is 9.93. The van der Waals surface area contributed by atoms with Crippen LogP contribution in [0.15, 0.2) is 24.3 Å². The van der Waals surface area contributed by atoms with Crippen molar-refractivity contribution in [3.8, 4) is 5.69 Å². The van der Waals surface area contributed by atoms with Crippen LogP contribution in [0.4, 0.5) is 0 Å². The molecule has 2 aliphatic rings. The number of carbonyl (C=O) groups excluding carboxylic acids is 1. The predicted octanol–water partition coefficient (Wildman–Crippen LogP) is 3.92. The highest BCUT2D eigenvalue weighted by Crippen LogP contribution is 2.30. The number of amides is 1. The molecule has 2 aromatic rings. The second kappa shape index (κ2) is 8.39. The highest BCUT2D eigenvalue weighted by atomic mass is 16.4. The Balaban J connectivity index is 1.67. The minimum Gasteiger partial charge on any atom is -0.481 e. The molecule has 1 atom stereocenters. The van der Waals surface area contributed by atoms with Gasteiger partial charge >= 0.3 is 5.97 Å². The molecule has 6 nitrogen and oxygen atoms in total. The number of aliphatic carboxylic acids is 1. The molecule has 29 heavy (non-hydrogen) atoms. The third-order valence-corrected chi connectivity index (χ3v) is 6.24. The third kappa shape index (κ3) is 4.07. The van der Waals surface area contributed by atoms with E-state index in [1.54, 1.807) is 0 Å². The maximum Gasteiger partial charge on any atom is 0.303 e. The van der Waals surface area contributed by atoms with Crippen LogP contribution in [0, 0.1) is 6.92 Å². The molecular weight excluding hydrogens is 366 g/mol. The van der Waals surface area contributed by atoms with Crippen LogP contribution in [0.5, 0.6) is 0 Å². The lowest BCUT2D eigenvalue weighted by Gasteiger charge is -2.35. The van der Waals surface area contributed by atoms with Gasteiger partial charge in [0, 0.05) is 30.3 Å². The number of carbonyl (C=O) groups is 2. The second-order valence-electron chi connectivity index (χ2n) is 8.31. The predicted molar refractivity (Wildman–Crippen MR) is 110 cm³/mol. The summed E-state index contributed by atoms with van der Waals surface area (Å²) < 4.78 is 1.96. The molecule has 1 amide bonds. The van der Waals surface area contributed by atoms with Gasteiger partial charge in [0.1, 0.15) is 0 Å². The third-order valence-electron chi connectivity index (χ3n) is 6.24. The normalized spacial score (nSPS) is 19.1. The Kier molecular flexibility index (Phi) is 5.69. The molecular formula is C23H29N3O3. The van der Waals surface area contributed by atoms with Gasteiger partial charge in [0.05, 0.1) is 5.69 Å². The van der Waals surface area contributed by atoms with E-state index in [1.807, 2.05) is 9.58 Å². The van der Waals surface area contributed by atoms with Crippen LogP contribution in [-0.4, -0.2) is 44.3 Å². The highest BCUT2D eigenvalue weighted by Gasteiger charge is 2.33. The average Bonchev–Trinajstić information content (AvgIpc) is 3.12. The van der Waals surface area contributed by atoms with Crippen LogP contribution >= 0.6 is 0 Å². The van der Waals surface area contributed by atoms with Gasteiger partial charge in [-0.2, -0.15) is 5.10 Å². The molecule has 6 heteroatoms. The number of aromatic nitrogens is 2. The minimum absolute atomic E-state index is 0.00360. The van der Waals surface area contributed by atoms with Crippen LogP contribution in [0.1, 0.15) is 72.3 Å². The van der Waals surface area contributed by atoms with Gasteiger partial charge in [0.25, 0.3) is 5.91 Å². The number of benzene rings is 1. The minimum atomic E-state index is -0.802. The Morgan fingerprint density at radius 2 is 1.86 bits per heavy atom. The number of carboxylic acid groups (broad SMARTS) is 1. The van der Waals surface area contributed by atoms with E-state index in [4.69, 9.17) is 10.2 Å². The quantitative estimate of drug-likeness (QED) is 0.833. The molecule has 1 unspecified atom stereocenters. The van der Waals surface area contributed by atoms with Crippen molar-refractivity contribution in [3.63, 3.8) is 0 Å². The van der Waals surface area contributed by atoms with E-state index >= 15 is 0 Å². The molecule has 154 valence electrons. The average molecular weight is 396 g/mol. The first-order valence-electron chi connectivity index (χ1n) is 10.7. The molecule has 1 aromatic carbocycles. The fourth-order valence-electron chi connectivity index (χ4n) is 4.66. The number of hydrogen-bond acceptors (Lipinski definition) is 3. The molecule has 0 bridgehead atoms. The van der Waals surface area contributed by atoms with E-state index in [1.165, 1.54) is 5.56 Å². The zero-order valence-corrected chi connectivity index (χ0v) is 17.1. The first kappa shape index (κ1) is 19.7. The first-order valence-corrected chi connectivity index (χ1v) is 10.7. The number of carboxylic acids is 1. The molecule has 1 N–H and O–H groups in total. The monoisotopic (exact) mass is 395 g/mol. The standard InChI is InChI=1S/C23H29N3O3/c1-16-9-11-18(12-10-16)26-20-8-3-2-7-19(20)22(24-26)23(29)25-15-5-4-6-17(25)13-14-21(27)28/h9-12,17H,2-8,13-15H2,1H3,(H,27,28). The fourth-order valence-corrected chi connectivity index (χ4v) is 4.66. The molecule has 2 heterocycles. The van der Waals surface area contributed by atoms with E-state index in [0.29, 0.717) is 18.7 Å². The van der Waals surface area contributed by atoms with Gasteiger partial charge in [-0.15, -0.1) is 0 Å². The first-order chi connectivity index (χ1) is 14.0. The molecule has 1 aliphatic heterocycles. The lowest BCUT2D eigenvalue weighted by molar-refractivity contribution is -0.137. The number of fused-ring (bicyclic) bond motifs is 1. The molecule has 1 fully saturated rings. The van der Waals surface area contributed by atoms with Gasteiger partial charge in [0.2, 0.25) is 0 Å². The molecule has 0 saturated carbocycles. The van der Waals surface area contributed by atoms with Crippen LogP contribution in [-0.2, 0) is 17.6 Å². The van der Waals surface area contributed by atoms with E-state index in [9.17, 15) is 9.59 Å². The van der Waals surface area contributed by atoms with Crippen molar-refractivity contribution in [2.45, 2.75) is 70.8 Å². The van der Waals surface area contributed by atoms with Crippen molar-refractivity contribution in [1.29, 1.82) is 0 Å². The van der Waals surface area contributed by atoms with Gasteiger partial charge in [-0.25, -0.2) is 4.68 Å². The summed E-state index contributed by atoms with van der Waals surface area (Å²) in [6, 6.07) is 8.25. The summed E-state index contributed by atoms with van der Waals surface area (Å²) in [6.45, 7) is 2.75. The number of rotatable bonds is 5. The largest absolute Gasteiger partial charge is 0.481 e. The van der Waals surface area contributed by atoms with Gasteiger partial charge < -0.3 is 10.0 Å².